The van der Waals surface area contributed by atoms with Gasteiger partial charge in [-0.3, -0.25) is 10.1 Å². The van der Waals surface area contributed by atoms with Crippen molar-refractivity contribution in [3.05, 3.63) is 60.2 Å². The van der Waals surface area contributed by atoms with E-state index in [4.69, 9.17) is 4.74 Å². The highest BCUT2D eigenvalue weighted by Gasteiger charge is 2.25. The molecule has 0 saturated carbocycles. The average molecular weight is 355 g/mol. The molecule has 0 radical (unpaired) electrons. The number of allylic oxidation sites excluding steroid dienone is 2. The summed E-state index contributed by atoms with van der Waals surface area (Å²) in [4.78, 5) is 24.5. The summed E-state index contributed by atoms with van der Waals surface area (Å²) in [7, 11) is 0. The minimum Gasteiger partial charge on any atom is -0.449 e. The first-order chi connectivity index (χ1) is 12.7. The maximum Gasteiger partial charge on any atom is 0.413 e. The van der Waals surface area contributed by atoms with Crippen molar-refractivity contribution in [2.75, 3.05) is 6.61 Å². The van der Waals surface area contributed by atoms with Gasteiger partial charge in [0.05, 0.1) is 12.5 Å². The molecule has 0 spiro atoms. The largest absolute Gasteiger partial charge is 0.449 e. The summed E-state index contributed by atoms with van der Waals surface area (Å²) in [5.74, 6) is -0.516. The molecule has 4 heteroatoms. The lowest BCUT2D eigenvalue weighted by molar-refractivity contribution is -0.123. The second-order valence-electron chi connectivity index (χ2n) is 6.66. The number of carbonyl (C=O) groups is 2. The smallest absolute Gasteiger partial charge is 0.413 e. The van der Waals surface area contributed by atoms with Crippen molar-refractivity contribution < 1.29 is 14.3 Å². The second-order valence-corrected chi connectivity index (χ2v) is 6.66. The van der Waals surface area contributed by atoms with Crippen molar-refractivity contribution in [2.45, 2.75) is 51.4 Å². The molecule has 1 N–H and O–H groups in total. The van der Waals surface area contributed by atoms with Gasteiger partial charge in [-0.05, 0) is 56.9 Å². The van der Waals surface area contributed by atoms with Gasteiger partial charge in [0.2, 0.25) is 5.91 Å². The van der Waals surface area contributed by atoms with Crippen molar-refractivity contribution in [3.8, 4) is 0 Å². The standard InChI is InChI=1S/C22H29NO3/c1-2-3-16-20(19-14-8-5-9-15-19)21(24)23-22(25)26-17-10-13-18-11-6-4-7-12-18/h2,4,6-7,11-12,14,20H,1,3,5,8-10,13,15-17H2,(H,23,24,25). The van der Waals surface area contributed by atoms with Gasteiger partial charge in [0.1, 0.15) is 0 Å². The van der Waals surface area contributed by atoms with Crippen LogP contribution >= 0.6 is 0 Å². The fourth-order valence-electron chi connectivity index (χ4n) is 3.26. The van der Waals surface area contributed by atoms with Gasteiger partial charge in [0, 0.05) is 0 Å². The molecule has 0 aliphatic heterocycles. The van der Waals surface area contributed by atoms with Crippen LogP contribution in [0.3, 0.4) is 0 Å². The fourth-order valence-corrected chi connectivity index (χ4v) is 3.26. The first-order valence-electron chi connectivity index (χ1n) is 9.52. The molecular weight excluding hydrogens is 326 g/mol. The molecule has 0 saturated heterocycles. The van der Waals surface area contributed by atoms with Crippen molar-refractivity contribution in [1.82, 2.24) is 5.32 Å². The number of alkyl carbamates (subject to hydrolysis) is 1. The third-order valence-electron chi connectivity index (χ3n) is 4.66. The highest BCUT2D eigenvalue weighted by atomic mass is 16.5. The molecule has 1 atom stereocenters. The van der Waals surface area contributed by atoms with E-state index in [1.165, 1.54) is 12.0 Å². The molecule has 0 aromatic heterocycles. The molecule has 1 aromatic rings. The van der Waals surface area contributed by atoms with Crippen LogP contribution in [-0.4, -0.2) is 18.6 Å². The van der Waals surface area contributed by atoms with Crippen LogP contribution in [0.4, 0.5) is 4.79 Å². The van der Waals surface area contributed by atoms with Gasteiger partial charge in [-0.1, -0.05) is 48.1 Å². The number of nitrogens with one attached hydrogen (secondary N) is 1. The van der Waals surface area contributed by atoms with E-state index in [9.17, 15) is 9.59 Å². The second kappa shape index (κ2) is 11.3. The first kappa shape index (κ1) is 20.0. The summed E-state index contributed by atoms with van der Waals surface area (Å²) in [5, 5.41) is 2.41. The molecule has 4 nitrogen and oxygen atoms in total. The highest BCUT2D eigenvalue weighted by Crippen LogP contribution is 2.27. The molecule has 2 rings (SSSR count). The molecule has 26 heavy (non-hydrogen) atoms. The maximum atomic E-state index is 12.5. The van der Waals surface area contributed by atoms with Crippen LogP contribution in [0.25, 0.3) is 0 Å². The topological polar surface area (TPSA) is 55.4 Å². The van der Waals surface area contributed by atoms with E-state index in [-0.39, 0.29) is 11.8 Å². The van der Waals surface area contributed by atoms with Gasteiger partial charge in [-0.15, -0.1) is 6.58 Å². The third-order valence-corrected chi connectivity index (χ3v) is 4.66. The monoisotopic (exact) mass is 355 g/mol. The van der Waals surface area contributed by atoms with Crippen LogP contribution in [-0.2, 0) is 16.0 Å². The van der Waals surface area contributed by atoms with Gasteiger partial charge in [-0.25, -0.2) is 4.79 Å². The van der Waals surface area contributed by atoms with Crippen LogP contribution in [0, 0.1) is 5.92 Å². The van der Waals surface area contributed by atoms with E-state index in [1.54, 1.807) is 0 Å². The first-order valence-corrected chi connectivity index (χ1v) is 9.52. The Hall–Kier alpha value is -2.36. The summed E-state index contributed by atoms with van der Waals surface area (Å²) in [6, 6.07) is 10.1. The van der Waals surface area contributed by atoms with Crippen LogP contribution in [0.2, 0.25) is 0 Å². The number of amides is 2. The maximum absolute atomic E-state index is 12.5. The number of carbonyl (C=O) groups excluding carboxylic acids is 2. The molecule has 0 heterocycles. The van der Waals surface area contributed by atoms with E-state index in [0.717, 1.165) is 44.1 Å². The number of ether oxygens (including phenoxy) is 1. The van der Waals surface area contributed by atoms with Gasteiger partial charge >= 0.3 is 6.09 Å². The van der Waals surface area contributed by atoms with Gasteiger partial charge < -0.3 is 4.74 Å². The fraction of sp³-hybridized carbons (Fsp3) is 0.455. The van der Waals surface area contributed by atoms with Gasteiger partial charge in [-0.2, -0.15) is 0 Å². The zero-order valence-electron chi connectivity index (χ0n) is 15.4. The number of rotatable bonds is 9. The lowest BCUT2D eigenvalue weighted by Gasteiger charge is -2.22. The van der Waals surface area contributed by atoms with E-state index in [1.807, 2.05) is 36.4 Å². The Bertz CT molecular complexity index is 622. The molecule has 1 aliphatic carbocycles. The zero-order valence-corrected chi connectivity index (χ0v) is 15.4. The average Bonchev–Trinajstić information content (AvgIpc) is 2.67. The zero-order chi connectivity index (χ0) is 18.6. The van der Waals surface area contributed by atoms with Crippen LogP contribution in [0.15, 0.2) is 54.6 Å². The lowest BCUT2D eigenvalue weighted by atomic mass is 9.86. The highest BCUT2D eigenvalue weighted by molar-refractivity contribution is 5.94. The lowest BCUT2D eigenvalue weighted by Crippen LogP contribution is -2.37. The van der Waals surface area contributed by atoms with Gasteiger partial charge in [0.25, 0.3) is 0 Å². The third kappa shape index (κ3) is 6.87. The van der Waals surface area contributed by atoms with E-state index >= 15 is 0 Å². The molecule has 1 aromatic carbocycles. The normalized spacial score (nSPS) is 14.8. The quantitative estimate of drug-likeness (QED) is 0.503. The van der Waals surface area contributed by atoms with Crippen molar-refractivity contribution in [3.63, 3.8) is 0 Å². The number of hydrogen-bond donors (Lipinski definition) is 1. The number of benzene rings is 1. The van der Waals surface area contributed by atoms with Crippen molar-refractivity contribution >= 4 is 12.0 Å². The molecular formula is C22H29NO3. The number of hydrogen-bond acceptors (Lipinski definition) is 3. The summed E-state index contributed by atoms with van der Waals surface area (Å²) in [5.41, 5.74) is 2.36. The molecule has 0 bridgehead atoms. The van der Waals surface area contributed by atoms with E-state index < -0.39 is 6.09 Å². The van der Waals surface area contributed by atoms with Crippen molar-refractivity contribution in [1.29, 1.82) is 0 Å². The SMILES string of the molecule is C=CCCC(C(=O)NC(=O)OCCCc1ccccc1)C1=CCCCC1. The number of aryl methyl sites for hydroxylation is 1. The Balaban J connectivity index is 1.76. The van der Waals surface area contributed by atoms with Crippen molar-refractivity contribution in [2.24, 2.45) is 5.92 Å². The Morgan fingerprint density at radius 2 is 2.04 bits per heavy atom. The molecule has 0 fully saturated rings. The Morgan fingerprint density at radius 3 is 2.73 bits per heavy atom. The predicted molar refractivity (Wildman–Crippen MR) is 104 cm³/mol. The Morgan fingerprint density at radius 1 is 1.23 bits per heavy atom. The van der Waals surface area contributed by atoms with E-state index in [2.05, 4.69) is 18.0 Å². The van der Waals surface area contributed by atoms with Crippen LogP contribution < -0.4 is 5.32 Å². The predicted octanol–water partition coefficient (Wildman–Crippen LogP) is 4.95. The molecule has 2 amide bonds. The van der Waals surface area contributed by atoms with Gasteiger partial charge in [0.15, 0.2) is 0 Å². The van der Waals surface area contributed by atoms with E-state index in [0.29, 0.717) is 13.0 Å². The van der Waals surface area contributed by atoms with Crippen LogP contribution in [0.5, 0.6) is 0 Å². The number of imide groups is 1. The minimum absolute atomic E-state index is 0.256. The Kier molecular flexibility index (Phi) is 8.67. The molecule has 140 valence electrons. The molecule has 1 unspecified atom stereocenters. The summed E-state index contributed by atoms with van der Waals surface area (Å²) < 4.78 is 5.17. The minimum atomic E-state index is -0.650. The van der Waals surface area contributed by atoms with Crippen LogP contribution in [0.1, 0.15) is 50.5 Å². The molecule has 1 aliphatic rings. The Labute approximate surface area is 156 Å². The summed E-state index contributed by atoms with van der Waals surface area (Å²) >= 11 is 0. The summed E-state index contributed by atoms with van der Waals surface area (Å²) in [6.07, 6.45) is 10.5. The summed E-state index contributed by atoms with van der Waals surface area (Å²) in [6.45, 7) is 4.03.